The molecule has 130 valence electrons. The SMILES string of the molecule is COCCn1c(S[C@@H](C)c2ccc(F)cc2)nc2ccccc2c1=O. The number of benzene rings is 2. The van der Waals surface area contributed by atoms with Crippen LogP contribution in [-0.2, 0) is 11.3 Å². The summed E-state index contributed by atoms with van der Waals surface area (Å²) in [5.41, 5.74) is 1.58. The molecule has 1 heterocycles. The van der Waals surface area contributed by atoms with Gasteiger partial charge in [0.05, 0.1) is 24.1 Å². The van der Waals surface area contributed by atoms with Crippen molar-refractivity contribution in [3.8, 4) is 0 Å². The summed E-state index contributed by atoms with van der Waals surface area (Å²) in [5, 5.41) is 1.26. The van der Waals surface area contributed by atoms with Gasteiger partial charge in [-0.3, -0.25) is 9.36 Å². The van der Waals surface area contributed by atoms with Crippen molar-refractivity contribution in [3.63, 3.8) is 0 Å². The van der Waals surface area contributed by atoms with Crippen molar-refractivity contribution >= 4 is 22.7 Å². The van der Waals surface area contributed by atoms with Gasteiger partial charge in [0.1, 0.15) is 5.82 Å². The molecule has 0 radical (unpaired) electrons. The zero-order valence-corrected chi connectivity index (χ0v) is 14.9. The fourth-order valence-corrected chi connectivity index (χ4v) is 3.64. The maximum absolute atomic E-state index is 13.1. The third kappa shape index (κ3) is 3.91. The second-order valence-electron chi connectivity index (χ2n) is 5.67. The summed E-state index contributed by atoms with van der Waals surface area (Å²) in [4.78, 5) is 17.5. The topological polar surface area (TPSA) is 44.1 Å². The van der Waals surface area contributed by atoms with Gasteiger partial charge in [-0.15, -0.1) is 0 Å². The number of methoxy groups -OCH3 is 1. The monoisotopic (exact) mass is 358 g/mol. The number of fused-ring (bicyclic) bond motifs is 1. The Morgan fingerprint density at radius 2 is 1.92 bits per heavy atom. The van der Waals surface area contributed by atoms with Crippen LogP contribution in [0.3, 0.4) is 0 Å². The molecule has 1 atom stereocenters. The fourth-order valence-electron chi connectivity index (χ4n) is 2.58. The standard InChI is InChI=1S/C19H19FN2O2S/c1-13(14-7-9-15(20)10-8-14)25-19-21-17-6-4-3-5-16(17)18(23)22(19)11-12-24-2/h3-10,13H,11-12H2,1-2H3/t13-/m0/s1. The average Bonchev–Trinajstić information content (AvgIpc) is 2.62. The van der Waals surface area contributed by atoms with E-state index < -0.39 is 0 Å². The highest BCUT2D eigenvalue weighted by Gasteiger charge is 2.15. The summed E-state index contributed by atoms with van der Waals surface area (Å²) in [5.74, 6) is -0.262. The number of halogens is 1. The van der Waals surface area contributed by atoms with Crippen molar-refractivity contribution in [3.05, 3.63) is 70.3 Å². The van der Waals surface area contributed by atoms with Gasteiger partial charge in [0.2, 0.25) is 0 Å². The van der Waals surface area contributed by atoms with Crippen LogP contribution in [-0.4, -0.2) is 23.3 Å². The molecule has 3 rings (SSSR count). The maximum atomic E-state index is 13.1. The Morgan fingerprint density at radius 3 is 2.64 bits per heavy atom. The Hall–Kier alpha value is -2.18. The quantitative estimate of drug-likeness (QED) is 0.493. The molecule has 0 fully saturated rings. The highest BCUT2D eigenvalue weighted by atomic mass is 32.2. The third-order valence-electron chi connectivity index (χ3n) is 3.97. The second-order valence-corrected chi connectivity index (χ2v) is 6.98. The lowest BCUT2D eigenvalue weighted by Crippen LogP contribution is -2.25. The first kappa shape index (κ1) is 17.6. The van der Waals surface area contributed by atoms with Gasteiger partial charge in [-0.25, -0.2) is 9.37 Å². The van der Waals surface area contributed by atoms with E-state index >= 15 is 0 Å². The number of rotatable bonds is 6. The van der Waals surface area contributed by atoms with E-state index in [-0.39, 0.29) is 16.6 Å². The minimum Gasteiger partial charge on any atom is -0.383 e. The number of aromatic nitrogens is 2. The largest absolute Gasteiger partial charge is 0.383 e. The van der Waals surface area contributed by atoms with Crippen LogP contribution >= 0.6 is 11.8 Å². The highest BCUT2D eigenvalue weighted by molar-refractivity contribution is 7.99. The van der Waals surface area contributed by atoms with Crippen LogP contribution in [0.5, 0.6) is 0 Å². The summed E-state index contributed by atoms with van der Waals surface area (Å²) < 4.78 is 19.9. The van der Waals surface area contributed by atoms with Crippen LogP contribution in [0.2, 0.25) is 0 Å². The van der Waals surface area contributed by atoms with Gasteiger partial charge in [-0.1, -0.05) is 36.0 Å². The average molecular weight is 358 g/mol. The third-order valence-corrected chi connectivity index (χ3v) is 5.12. The van der Waals surface area contributed by atoms with E-state index in [1.54, 1.807) is 29.9 Å². The minimum atomic E-state index is -0.262. The van der Waals surface area contributed by atoms with Gasteiger partial charge < -0.3 is 4.74 Å². The molecule has 0 amide bonds. The lowest BCUT2D eigenvalue weighted by atomic mass is 10.2. The molecule has 0 aliphatic carbocycles. The summed E-state index contributed by atoms with van der Waals surface area (Å²) >= 11 is 1.48. The molecule has 0 N–H and O–H groups in total. The van der Waals surface area contributed by atoms with Crippen LogP contribution in [0.4, 0.5) is 4.39 Å². The van der Waals surface area contributed by atoms with Crippen molar-refractivity contribution in [2.45, 2.75) is 23.9 Å². The van der Waals surface area contributed by atoms with Crippen molar-refractivity contribution in [1.82, 2.24) is 9.55 Å². The Labute approximate surface area is 149 Å². The molecule has 2 aromatic carbocycles. The molecule has 1 aromatic heterocycles. The minimum absolute atomic E-state index is 0.0301. The van der Waals surface area contributed by atoms with Gasteiger partial charge >= 0.3 is 0 Å². The number of nitrogens with zero attached hydrogens (tertiary/aromatic N) is 2. The first-order chi connectivity index (χ1) is 12.1. The smallest absolute Gasteiger partial charge is 0.262 e. The molecule has 0 aliphatic heterocycles. The molecule has 25 heavy (non-hydrogen) atoms. The number of thioether (sulfide) groups is 1. The fraction of sp³-hybridized carbons (Fsp3) is 0.263. The molecule has 4 nitrogen and oxygen atoms in total. The lowest BCUT2D eigenvalue weighted by molar-refractivity contribution is 0.183. The van der Waals surface area contributed by atoms with E-state index in [1.165, 1.54) is 23.9 Å². The Balaban J connectivity index is 2.01. The van der Waals surface area contributed by atoms with Gasteiger partial charge in [0.15, 0.2) is 5.16 Å². The zero-order valence-electron chi connectivity index (χ0n) is 14.1. The molecule has 0 spiro atoms. The molecule has 0 saturated carbocycles. The predicted octanol–water partition coefficient (Wildman–Crippen LogP) is 4.04. The number of ether oxygens (including phenoxy) is 1. The maximum Gasteiger partial charge on any atom is 0.262 e. The zero-order chi connectivity index (χ0) is 17.8. The van der Waals surface area contributed by atoms with Crippen molar-refractivity contribution in [2.24, 2.45) is 0 Å². The van der Waals surface area contributed by atoms with E-state index in [0.717, 1.165) is 5.56 Å². The van der Waals surface area contributed by atoms with Gasteiger partial charge in [-0.05, 0) is 36.8 Å². The lowest BCUT2D eigenvalue weighted by Gasteiger charge is -2.16. The van der Waals surface area contributed by atoms with E-state index in [0.29, 0.717) is 29.2 Å². The Kier molecular flexibility index (Phi) is 5.50. The first-order valence-electron chi connectivity index (χ1n) is 8.01. The van der Waals surface area contributed by atoms with E-state index in [9.17, 15) is 9.18 Å². The van der Waals surface area contributed by atoms with Crippen molar-refractivity contribution in [1.29, 1.82) is 0 Å². The normalized spacial score (nSPS) is 12.4. The summed E-state index contributed by atoms with van der Waals surface area (Å²) in [6.07, 6.45) is 0. The number of hydrogen-bond acceptors (Lipinski definition) is 4. The molecule has 6 heteroatoms. The van der Waals surface area contributed by atoms with Gasteiger partial charge in [-0.2, -0.15) is 0 Å². The van der Waals surface area contributed by atoms with E-state index in [2.05, 4.69) is 4.98 Å². The van der Waals surface area contributed by atoms with Crippen LogP contribution in [0.25, 0.3) is 10.9 Å². The van der Waals surface area contributed by atoms with E-state index in [1.807, 2.05) is 25.1 Å². The Morgan fingerprint density at radius 1 is 1.20 bits per heavy atom. The van der Waals surface area contributed by atoms with Crippen LogP contribution < -0.4 is 5.56 Å². The van der Waals surface area contributed by atoms with Gasteiger partial charge in [0.25, 0.3) is 5.56 Å². The van der Waals surface area contributed by atoms with Crippen LogP contribution in [0.1, 0.15) is 17.7 Å². The predicted molar refractivity (Wildman–Crippen MR) is 98.6 cm³/mol. The summed E-state index contributed by atoms with van der Waals surface area (Å²) in [7, 11) is 1.60. The molecule has 0 aliphatic rings. The number of hydrogen-bond donors (Lipinski definition) is 0. The second kappa shape index (κ2) is 7.80. The molecular formula is C19H19FN2O2S. The van der Waals surface area contributed by atoms with Crippen molar-refractivity contribution in [2.75, 3.05) is 13.7 Å². The Bertz CT molecular complexity index is 925. The first-order valence-corrected chi connectivity index (χ1v) is 8.88. The molecule has 3 aromatic rings. The van der Waals surface area contributed by atoms with Crippen molar-refractivity contribution < 1.29 is 9.13 Å². The number of para-hydroxylation sites is 1. The molecule has 0 bridgehead atoms. The highest BCUT2D eigenvalue weighted by Crippen LogP contribution is 2.33. The van der Waals surface area contributed by atoms with E-state index in [4.69, 9.17) is 4.74 Å². The molecular weight excluding hydrogens is 339 g/mol. The van der Waals surface area contributed by atoms with Crippen LogP contribution in [0, 0.1) is 5.82 Å². The summed E-state index contributed by atoms with van der Waals surface area (Å²) in [6.45, 7) is 2.88. The summed E-state index contributed by atoms with van der Waals surface area (Å²) in [6, 6.07) is 13.7. The van der Waals surface area contributed by atoms with Gasteiger partial charge in [0, 0.05) is 12.4 Å². The molecule has 0 saturated heterocycles. The van der Waals surface area contributed by atoms with Crippen LogP contribution in [0.15, 0.2) is 58.5 Å². The molecule has 0 unspecified atom stereocenters.